The largest absolute Gasteiger partial charge is 0.456 e. The molecule has 3 aromatic carbocycles. The van der Waals surface area contributed by atoms with Crippen LogP contribution in [0.15, 0.2) is 114 Å². The first-order valence-corrected chi connectivity index (χ1v) is 19.5. The second-order valence-electron chi connectivity index (χ2n) is 16.2. The number of aliphatic hydroxyl groups is 3. The lowest BCUT2D eigenvalue weighted by atomic mass is 9.50. The first kappa shape index (κ1) is 44.3. The molecule has 0 saturated heterocycles. The van der Waals surface area contributed by atoms with E-state index in [1.807, 2.05) is 0 Å². The van der Waals surface area contributed by atoms with Crippen LogP contribution in [0, 0.1) is 16.7 Å². The Morgan fingerprint density at radius 1 is 0.803 bits per heavy atom. The number of esters is 4. The molecule has 320 valence electrons. The fourth-order valence-electron chi connectivity index (χ4n) is 9.12. The van der Waals surface area contributed by atoms with Crippen LogP contribution < -0.4 is 5.32 Å². The maximum atomic E-state index is 15.2. The SMILES string of the molecule is CC(=O)O[C@H]1C(=O)[C@]2(C)C(C=O)=C[C@@](O)(OC(C)=O)C2C(OC(=O)c2ccccc2)[C@]2(O)C[C@H](OC(=O)[C@H](O)[C@@H](NC(=O)c3ccccc3)c3ccccc3)C(C)=C1C2(C)C. The van der Waals surface area contributed by atoms with E-state index in [1.165, 1.54) is 52.0 Å². The number of hydrogen-bond donors (Lipinski definition) is 4. The molecule has 4 N–H and O–H groups in total. The molecular formula is C46H47NO14. The summed E-state index contributed by atoms with van der Waals surface area (Å²) in [6, 6.07) is 22.4. The fourth-order valence-corrected chi connectivity index (χ4v) is 9.12. The quantitative estimate of drug-likeness (QED) is 0.0711. The second-order valence-corrected chi connectivity index (χ2v) is 16.2. The van der Waals surface area contributed by atoms with Gasteiger partial charge in [-0.2, -0.15) is 0 Å². The zero-order valence-electron chi connectivity index (χ0n) is 34.3. The molecule has 2 bridgehead atoms. The summed E-state index contributed by atoms with van der Waals surface area (Å²) < 4.78 is 23.3. The number of rotatable bonds is 11. The molecular weight excluding hydrogens is 790 g/mol. The summed E-state index contributed by atoms with van der Waals surface area (Å²) in [5, 5.41) is 40.2. The van der Waals surface area contributed by atoms with E-state index < -0.39 is 106 Å². The van der Waals surface area contributed by atoms with E-state index in [4.69, 9.17) is 18.9 Å². The Labute approximate surface area is 351 Å². The van der Waals surface area contributed by atoms with E-state index in [2.05, 4.69) is 5.32 Å². The van der Waals surface area contributed by atoms with Crippen LogP contribution in [-0.2, 0) is 42.9 Å². The van der Waals surface area contributed by atoms with Crippen LogP contribution >= 0.6 is 0 Å². The van der Waals surface area contributed by atoms with Crippen LogP contribution in [0.1, 0.15) is 80.3 Å². The monoisotopic (exact) mass is 837 g/mol. The highest BCUT2D eigenvalue weighted by Gasteiger charge is 2.74. The van der Waals surface area contributed by atoms with E-state index >= 15 is 4.79 Å². The number of ether oxygens (including phenoxy) is 4. The van der Waals surface area contributed by atoms with Gasteiger partial charge in [-0.1, -0.05) is 80.6 Å². The Morgan fingerprint density at radius 2 is 1.36 bits per heavy atom. The predicted octanol–water partition coefficient (Wildman–Crippen LogP) is 3.66. The summed E-state index contributed by atoms with van der Waals surface area (Å²) >= 11 is 0. The van der Waals surface area contributed by atoms with Gasteiger partial charge in [-0.05, 0) is 60.9 Å². The molecule has 0 aliphatic heterocycles. The molecule has 15 heteroatoms. The number of carbonyl (C=O) groups excluding carboxylic acids is 7. The van der Waals surface area contributed by atoms with Crippen LogP contribution in [0.3, 0.4) is 0 Å². The number of hydrogen-bond acceptors (Lipinski definition) is 14. The van der Waals surface area contributed by atoms with Gasteiger partial charge in [0.15, 0.2) is 18.0 Å². The van der Waals surface area contributed by atoms with Gasteiger partial charge >= 0.3 is 23.9 Å². The van der Waals surface area contributed by atoms with E-state index in [1.54, 1.807) is 66.7 Å². The highest BCUT2D eigenvalue weighted by Crippen LogP contribution is 2.63. The summed E-state index contributed by atoms with van der Waals surface area (Å²) in [7, 11) is 0. The molecule has 0 aromatic heterocycles. The number of aldehydes is 1. The minimum Gasteiger partial charge on any atom is -0.456 e. The van der Waals surface area contributed by atoms with Crippen LogP contribution in [0.5, 0.6) is 0 Å². The highest BCUT2D eigenvalue weighted by atomic mass is 16.7. The normalized spacial score (nSPS) is 28.7. The van der Waals surface area contributed by atoms with E-state index in [9.17, 15) is 44.1 Å². The van der Waals surface area contributed by atoms with Gasteiger partial charge < -0.3 is 39.6 Å². The maximum Gasteiger partial charge on any atom is 0.338 e. The molecule has 1 fully saturated rings. The van der Waals surface area contributed by atoms with Crippen LogP contribution in [0.2, 0.25) is 0 Å². The van der Waals surface area contributed by atoms with Crippen molar-refractivity contribution in [2.45, 2.75) is 89.8 Å². The molecule has 9 atom stereocenters. The van der Waals surface area contributed by atoms with Crippen LogP contribution in [-0.4, -0.2) is 93.0 Å². The topological polar surface area (TPSA) is 229 Å². The molecule has 6 rings (SSSR count). The van der Waals surface area contributed by atoms with Gasteiger partial charge in [0.1, 0.15) is 24.1 Å². The Bertz CT molecular complexity index is 2310. The zero-order chi connectivity index (χ0) is 44.7. The number of nitrogens with one attached hydrogen (secondary N) is 1. The third-order valence-corrected chi connectivity index (χ3v) is 12.2. The molecule has 1 amide bonds. The van der Waals surface area contributed by atoms with Crippen LogP contribution in [0.25, 0.3) is 0 Å². The lowest BCUT2D eigenvalue weighted by Crippen LogP contribution is -2.71. The third-order valence-electron chi connectivity index (χ3n) is 12.2. The van der Waals surface area contributed by atoms with Gasteiger partial charge in [-0.25, -0.2) is 9.59 Å². The smallest absolute Gasteiger partial charge is 0.338 e. The minimum atomic E-state index is -2.91. The van der Waals surface area contributed by atoms with Crippen molar-refractivity contribution in [2.24, 2.45) is 16.7 Å². The molecule has 2 unspecified atom stereocenters. The maximum absolute atomic E-state index is 15.2. The first-order valence-electron chi connectivity index (χ1n) is 19.5. The van der Waals surface area contributed by atoms with E-state index in [0.29, 0.717) is 5.56 Å². The average Bonchev–Trinajstić information content (AvgIpc) is 3.45. The minimum absolute atomic E-state index is 0.0206. The zero-order valence-corrected chi connectivity index (χ0v) is 34.3. The lowest BCUT2D eigenvalue weighted by molar-refractivity contribution is -0.265. The Kier molecular flexibility index (Phi) is 12.1. The summed E-state index contributed by atoms with van der Waals surface area (Å²) in [6.07, 6.45) is -7.25. The molecule has 3 aliphatic rings. The molecule has 0 heterocycles. The van der Waals surface area contributed by atoms with Crippen molar-refractivity contribution in [3.8, 4) is 0 Å². The Morgan fingerprint density at radius 3 is 1.90 bits per heavy atom. The number of Topliss-reactive ketones (excluding diaryl/α,β-unsaturated/α-hetero) is 1. The molecule has 15 nitrogen and oxygen atoms in total. The van der Waals surface area contributed by atoms with E-state index in [0.717, 1.165) is 19.9 Å². The standard InChI is InChI=1S/C46H47NO14/c1-25-32(59-42(55)35(51)34(28-16-10-7-11-17-28)47-40(53)29-18-12-8-13-19-29)23-45(56)39(60-41(54)30-20-14-9-15-21-30)37-44(6,31(24-48)22-46(37,57)61-27(3)50)38(52)36(58-26(2)49)33(25)43(45,4)5/h7-22,24,32,34-37,39,51,56-57H,23H2,1-6H3,(H,47,53)/t32-,34-,35+,36+,37?,39?,44+,45+,46+/m0/s1. The van der Waals surface area contributed by atoms with Crippen molar-refractivity contribution in [1.29, 1.82) is 0 Å². The Hall–Kier alpha value is -6.29. The van der Waals surface area contributed by atoms with Crippen LogP contribution in [0.4, 0.5) is 0 Å². The molecule has 0 radical (unpaired) electrons. The van der Waals surface area contributed by atoms with Crippen molar-refractivity contribution >= 4 is 41.9 Å². The second kappa shape index (κ2) is 16.6. The average molecular weight is 838 g/mol. The molecule has 1 saturated carbocycles. The molecule has 3 aromatic rings. The van der Waals surface area contributed by atoms with Crippen molar-refractivity contribution in [1.82, 2.24) is 5.32 Å². The third kappa shape index (κ3) is 7.80. The number of allylic oxidation sites excluding steroid dienone is 1. The molecule has 0 spiro atoms. The number of amides is 1. The summed E-state index contributed by atoms with van der Waals surface area (Å²) in [4.78, 5) is 95.3. The number of aliphatic hydroxyl groups excluding tert-OH is 1. The summed E-state index contributed by atoms with van der Waals surface area (Å²) in [5.74, 6) is -10.9. The summed E-state index contributed by atoms with van der Waals surface area (Å²) in [6.45, 7) is 7.59. The molecule has 3 aliphatic carbocycles. The van der Waals surface area contributed by atoms with Gasteiger partial charge in [-0.3, -0.25) is 24.0 Å². The predicted molar refractivity (Wildman–Crippen MR) is 214 cm³/mol. The van der Waals surface area contributed by atoms with Gasteiger partial charge in [-0.15, -0.1) is 0 Å². The van der Waals surface area contributed by atoms with Crippen molar-refractivity contribution in [3.63, 3.8) is 0 Å². The number of benzene rings is 3. The number of carbonyl (C=O) groups is 7. The van der Waals surface area contributed by atoms with Crippen molar-refractivity contribution in [2.75, 3.05) is 0 Å². The fraction of sp³-hybridized carbons (Fsp3) is 0.370. The lowest BCUT2D eigenvalue weighted by Gasteiger charge is -2.59. The van der Waals surface area contributed by atoms with Gasteiger partial charge in [0.05, 0.1) is 22.9 Å². The number of ketones is 1. The van der Waals surface area contributed by atoms with Gasteiger partial charge in [0.2, 0.25) is 5.79 Å². The van der Waals surface area contributed by atoms with Gasteiger partial charge in [0, 0.05) is 36.8 Å². The van der Waals surface area contributed by atoms with Gasteiger partial charge in [0.25, 0.3) is 5.91 Å². The number of fused-ring (bicyclic) bond motifs is 3. The van der Waals surface area contributed by atoms with Crippen molar-refractivity contribution < 1.29 is 67.8 Å². The highest BCUT2D eigenvalue weighted by molar-refractivity contribution is 6.02. The molecule has 61 heavy (non-hydrogen) atoms. The first-order chi connectivity index (χ1) is 28.7. The van der Waals surface area contributed by atoms with E-state index in [-0.39, 0.29) is 28.6 Å². The Balaban J connectivity index is 1.53. The van der Waals surface area contributed by atoms with Crippen molar-refractivity contribution in [3.05, 3.63) is 130 Å². The summed E-state index contributed by atoms with van der Waals surface area (Å²) in [5.41, 5.74) is -6.51.